The van der Waals surface area contributed by atoms with Gasteiger partial charge in [0.15, 0.2) is 29.8 Å². The van der Waals surface area contributed by atoms with Crippen LogP contribution in [-0.2, 0) is 41.4 Å². The first kappa shape index (κ1) is 43.5. The highest BCUT2D eigenvalue weighted by atomic mass is 31.2. The minimum absolute atomic E-state index is 0.143. The molecule has 0 saturated carbocycles. The van der Waals surface area contributed by atoms with Crippen molar-refractivity contribution in [2.75, 3.05) is 25.6 Å². The van der Waals surface area contributed by atoms with E-state index in [1.165, 1.54) is 0 Å². The maximum Gasteiger partial charge on any atom is 0.472 e. The number of fused-ring (bicyclic) bond motifs is 1. The Balaban J connectivity index is 1.05. The Hall–Kier alpha value is -4.59. The number of ether oxygens (including phenoxy) is 3. The maximum absolute atomic E-state index is 13.3. The Labute approximate surface area is 330 Å². The molecule has 3 saturated heterocycles. The lowest BCUT2D eigenvalue weighted by Crippen LogP contribution is -2.39. The van der Waals surface area contributed by atoms with Crippen LogP contribution in [0.15, 0.2) is 54.8 Å². The van der Waals surface area contributed by atoms with Crippen molar-refractivity contribution in [3.8, 4) is 0 Å². The van der Waals surface area contributed by atoms with Gasteiger partial charge >= 0.3 is 27.0 Å². The molecule has 328 valence electrons. The molecule has 4 aromatic rings. The van der Waals surface area contributed by atoms with Crippen molar-refractivity contribution < 1.29 is 76.8 Å². The second-order valence-corrected chi connectivity index (χ2v) is 16.1. The number of nitrogens with zero attached hydrogens (tertiary/aromatic N) is 5. The maximum atomic E-state index is 13.3. The number of nitrogens with two attached hydrogens (primary N) is 1. The number of anilines is 1. The smallest absolute Gasteiger partial charge is 0.394 e. The molecule has 2 unspecified atom stereocenters. The molecule has 7 heterocycles. The highest BCUT2D eigenvalue weighted by molar-refractivity contribution is 7.47. The highest BCUT2D eigenvalue weighted by Crippen LogP contribution is 2.52. The van der Waals surface area contributed by atoms with Gasteiger partial charge in [-0.15, -0.1) is 0 Å². The van der Waals surface area contributed by atoms with E-state index in [9.17, 15) is 68.4 Å². The molecule has 0 bridgehead atoms. The van der Waals surface area contributed by atoms with Crippen molar-refractivity contribution >= 4 is 32.8 Å². The zero-order valence-corrected chi connectivity index (χ0v) is 31.8. The van der Waals surface area contributed by atoms with Crippen molar-refractivity contribution in [2.24, 2.45) is 0 Å². The fraction of sp³-hybridized carbons (Fsp3) is 0.536. The van der Waals surface area contributed by atoms with E-state index in [2.05, 4.69) is 15.0 Å². The Kier molecular flexibility index (Phi) is 12.1. The largest absolute Gasteiger partial charge is 0.472 e. The number of rotatable bonds is 14. The average Bonchev–Trinajstić information content (AvgIpc) is 3.89. The van der Waals surface area contributed by atoms with E-state index in [1.807, 2.05) is 9.97 Å². The van der Waals surface area contributed by atoms with Crippen molar-refractivity contribution in [2.45, 2.75) is 73.6 Å². The second kappa shape index (κ2) is 16.7. The zero-order chi connectivity index (χ0) is 43.4. The van der Waals surface area contributed by atoms with E-state index in [0.717, 1.165) is 35.4 Å². The predicted molar refractivity (Wildman–Crippen MR) is 189 cm³/mol. The van der Waals surface area contributed by atoms with Gasteiger partial charge in [-0.05, 0) is 0 Å². The first-order chi connectivity index (χ1) is 28.3. The minimum Gasteiger partial charge on any atom is -0.394 e. The third-order valence-electron chi connectivity index (χ3n) is 9.43. The number of phosphoric ester groups is 2. The third-order valence-corrected chi connectivity index (χ3v) is 11.4. The van der Waals surface area contributed by atoms with Crippen LogP contribution in [0.3, 0.4) is 0 Å². The number of hydrogen-bond donors (Lipinski definition) is 11. The molecule has 12 N–H and O–H groups in total. The summed E-state index contributed by atoms with van der Waals surface area (Å²) < 4.78 is 65.9. The number of aliphatic hydroxyl groups excluding tert-OH is 5. The number of nitrogens with one attached hydrogen (secondary N) is 3. The SMILES string of the molecule is Nc1nc2c(ncn2[C@@H]2O[C@H](COP(=O)(O)O[C@H]3[C@@H](O)[C@H](n4ccc(=O)[nH]c4=O)O[C@@H]3COP(=O)(O)O[C@H]3[C@@H](O)[C@H](n4ccc(=O)[nH]c4=O)O[C@@H]3CO)[C@@H](O)[C@H]2O)c(=O)[nH]1. The lowest BCUT2D eigenvalue weighted by molar-refractivity contribution is -0.0635. The Morgan fingerprint density at radius 1 is 0.700 bits per heavy atom. The van der Waals surface area contributed by atoms with Crippen LogP contribution in [0.5, 0.6) is 0 Å². The predicted octanol–water partition coefficient (Wildman–Crippen LogP) is -6.07. The Morgan fingerprint density at radius 2 is 1.18 bits per heavy atom. The number of phosphoric acid groups is 2. The normalized spacial score (nSPS) is 32.6. The van der Waals surface area contributed by atoms with Gasteiger partial charge in [0.05, 0.1) is 26.1 Å². The van der Waals surface area contributed by atoms with Gasteiger partial charge in [-0.1, -0.05) is 0 Å². The molecule has 7 rings (SSSR count). The number of hydrogen-bond acceptors (Lipinski definition) is 22. The first-order valence-corrected chi connectivity index (χ1v) is 20.2. The molecule has 3 aliphatic rings. The molecule has 0 radical (unpaired) electrons. The summed E-state index contributed by atoms with van der Waals surface area (Å²) in [5, 5.41) is 53.3. The van der Waals surface area contributed by atoms with E-state index in [-0.39, 0.29) is 17.1 Å². The highest BCUT2D eigenvalue weighted by Gasteiger charge is 2.53. The van der Waals surface area contributed by atoms with Crippen LogP contribution in [0.25, 0.3) is 11.2 Å². The fourth-order valence-electron chi connectivity index (χ4n) is 6.63. The summed E-state index contributed by atoms with van der Waals surface area (Å²) >= 11 is 0. The summed E-state index contributed by atoms with van der Waals surface area (Å²) in [5.74, 6) is -0.307. The summed E-state index contributed by atoms with van der Waals surface area (Å²) in [6.45, 7) is -3.07. The molecule has 0 aliphatic carbocycles. The summed E-state index contributed by atoms with van der Waals surface area (Å²) in [4.78, 5) is 95.6. The number of H-pyrrole nitrogens is 3. The van der Waals surface area contributed by atoms with Crippen molar-refractivity contribution in [3.05, 3.63) is 82.9 Å². The molecule has 4 aromatic heterocycles. The standard InChI is InChI=1S/C28H35N9O21P2/c29-26-33-21-14(22(45)34-26)30-8-37(21)23-16(42)15(41)10(55-23)6-52-59(48,49)58-20-11(56-25(18(20)44)36-4-2-13(40)32-28(36)47)7-53-60(50,51)57-19-9(5-38)54-24(17(19)43)35-3-1-12(39)31-27(35)46/h1-4,8-11,15-20,23-25,38,41-44H,5-7H2,(H,48,49)(H,50,51)(H,31,39,46)(H,32,40,47)(H3,29,33,34,45)/t9-,10-,11-,15-,16-,17-,18-,19-,20-,23-,24-,25-/m1/s1. The van der Waals surface area contributed by atoms with E-state index in [1.54, 1.807) is 0 Å². The number of aromatic nitrogens is 8. The van der Waals surface area contributed by atoms with Gasteiger partial charge in [-0.25, -0.2) is 23.7 Å². The van der Waals surface area contributed by atoms with Gasteiger partial charge in [0.25, 0.3) is 16.7 Å². The van der Waals surface area contributed by atoms with Crippen LogP contribution in [0.2, 0.25) is 0 Å². The molecule has 3 aliphatic heterocycles. The summed E-state index contributed by atoms with van der Waals surface area (Å²) in [7, 11) is -10.8. The molecule has 14 atom stereocenters. The lowest BCUT2D eigenvalue weighted by atomic mass is 10.1. The molecule has 3 fully saturated rings. The van der Waals surface area contributed by atoms with Crippen LogP contribution in [-0.4, -0.2) is 149 Å². The number of aliphatic hydroxyl groups is 5. The van der Waals surface area contributed by atoms with Crippen molar-refractivity contribution in [3.63, 3.8) is 0 Å². The Morgan fingerprint density at radius 3 is 1.72 bits per heavy atom. The molecule has 0 aromatic carbocycles. The van der Waals surface area contributed by atoms with E-state index in [0.29, 0.717) is 9.13 Å². The van der Waals surface area contributed by atoms with Crippen LogP contribution in [0.1, 0.15) is 18.7 Å². The monoisotopic (exact) mass is 895 g/mol. The van der Waals surface area contributed by atoms with Crippen molar-refractivity contribution in [1.29, 1.82) is 0 Å². The zero-order valence-electron chi connectivity index (χ0n) is 30.0. The number of aromatic amines is 3. The molecule has 0 spiro atoms. The third kappa shape index (κ3) is 8.63. The van der Waals surface area contributed by atoms with Gasteiger partial charge in [0, 0.05) is 24.5 Å². The summed E-state index contributed by atoms with van der Waals surface area (Å²) in [6, 6.07) is 1.77. The molecule has 60 heavy (non-hydrogen) atoms. The second-order valence-electron chi connectivity index (χ2n) is 13.3. The van der Waals surface area contributed by atoms with E-state index >= 15 is 0 Å². The molecule has 32 heteroatoms. The van der Waals surface area contributed by atoms with Crippen LogP contribution in [0.4, 0.5) is 5.95 Å². The summed E-state index contributed by atoms with van der Waals surface area (Å²) in [5.41, 5.74) is 0.719. The van der Waals surface area contributed by atoms with E-state index < -0.39 is 137 Å². The van der Waals surface area contributed by atoms with Gasteiger partial charge in [-0.3, -0.25) is 61.1 Å². The Bertz CT molecular complexity index is 2630. The van der Waals surface area contributed by atoms with Gasteiger partial charge in [0.1, 0.15) is 54.9 Å². The number of nitrogen functional groups attached to an aromatic ring is 1. The quantitative estimate of drug-likeness (QED) is 0.0525. The van der Waals surface area contributed by atoms with Gasteiger partial charge in [0.2, 0.25) is 5.95 Å². The van der Waals surface area contributed by atoms with Crippen LogP contribution >= 0.6 is 15.6 Å². The number of imidazole rings is 1. The first-order valence-electron chi connectivity index (χ1n) is 17.2. The van der Waals surface area contributed by atoms with Gasteiger partial charge in [-0.2, -0.15) is 4.98 Å². The average molecular weight is 896 g/mol. The lowest BCUT2D eigenvalue weighted by Gasteiger charge is -2.25. The van der Waals surface area contributed by atoms with Gasteiger partial charge < -0.3 is 55.3 Å². The molecule has 0 amide bonds. The van der Waals surface area contributed by atoms with E-state index in [4.69, 9.17) is 38.0 Å². The fourth-order valence-corrected chi connectivity index (χ4v) is 8.55. The molecular formula is C28H35N9O21P2. The minimum atomic E-state index is -5.43. The van der Waals surface area contributed by atoms with Crippen LogP contribution < -0.4 is 33.8 Å². The van der Waals surface area contributed by atoms with Crippen molar-refractivity contribution in [1.82, 2.24) is 38.6 Å². The van der Waals surface area contributed by atoms with Crippen LogP contribution in [0, 0.1) is 0 Å². The molecular weight excluding hydrogens is 860 g/mol. The topological polar surface area (TPSA) is 440 Å². The summed E-state index contributed by atoms with van der Waals surface area (Å²) in [6.07, 6.45) is -18.6. The molecule has 30 nitrogen and oxygen atoms in total.